The SMILES string of the molecule is CC(C)c1cnc(NC(C)(C)C(=O)O)nc1. The Morgan fingerprint density at radius 2 is 1.88 bits per heavy atom. The predicted octanol–water partition coefficient (Wildman–Crippen LogP) is 1.88. The summed E-state index contributed by atoms with van der Waals surface area (Å²) in [4.78, 5) is 19.0. The molecule has 0 amide bonds. The lowest BCUT2D eigenvalue weighted by Gasteiger charge is -2.20. The van der Waals surface area contributed by atoms with Gasteiger partial charge in [-0.1, -0.05) is 13.8 Å². The van der Waals surface area contributed by atoms with Crippen molar-refractivity contribution < 1.29 is 9.90 Å². The van der Waals surface area contributed by atoms with Gasteiger partial charge in [-0.05, 0) is 25.3 Å². The molecule has 0 fully saturated rings. The highest BCUT2D eigenvalue weighted by Crippen LogP contribution is 2.14. The molecule has 88 valence electrons. The molecule has 5 heteroatoms. The van der Waals surface area contributed by atoms with Crippen molar-refractivity contribution in [2.75, 3.05) is 5.32 Å². The van der Waals surface area contributed by atoms with E-state index in [1.54, 1.807) is 26.2 Å². The summed E-state index contributed by atoms with van der Waals surface area (Å²) in [6.45, 7) is 7.23. The van der Waals surface area contributed by atoms with Crippen LogP contribution in [0.5, 0.6) is 0 Å². The number of hydrogen-bond donors (Lipinski definition) is 2. The van der Waals surface area contributed by atoms with E-state index in [1.165, 1.54) is 0 Å². The van der Waals surface area contributed by atoms with Gasteiger partial charge < -0.3 is 10.4 Å². The van der Waals surface area contributed by atoms with E-state index in [9.17, 15) is 4.79 Å². The molecule has 0 atom stereocenters. The van der Waals surface area contributed by atoms with Crippen molar-refractivity contribution >= 4 is 11.9 Å². The molecule has 1 heterocycles. The summed E-state index contributed by atoms with van der Waals surface area (Å²) in [6.07, 6.45) is 3.41. The molecule has 0 unspecified atom stereocenters. The smallest absolute Gasteiger partial charge is 0.328 e. The Bertz CT molecular complexity index is 371. The maximum absolute atomic E-state index is 10.9. The molecule has 0 aliphatic carbocycles. The van der Waals surface area contributed by atoms with Crippen molar-refractivity contribution in [3.8, 4) is 0 Å². The van der Waals surface area contributed by atoms with Crippen LogP contribution < -0.4 is 5.32 Å². The molecule has 2 N–H and O–H groups in total. The Hall–Kier alpha value is -1.65. The van der Waals surface area contributed by atoms with Crippen molar-refractivity contribution in [3.63, 3.8) is 0 Å². The average molecular weight is 223 g/mol. The summed E-state index contributed by atoms with van der Waals surface area (Å²) < 4.78 is 0. The maximum Gasteiger partial charge on any atom is 0.328 e. The second-order valence-corrected chi connectivity index (χ2v) is 4.55. The zero-order chi connectivity index (χ0) is 12.3. The van der Waals surface area contributed by atoms with Gasteiger partial charge in [0.15, 0.2) is 0 Å². The number of nitrogens with one attached hydrogen (secondary N) is 1. The van der Waals surface area contributed by atoms with Crippen molar-refractivity contribution in [1.29, 1.82) is 0 Å². The molecule has 0 aliphatic rings. The van der Waals surface area contributed by atoms with Gasteiger partial charge in [0.25, 0.3) is 0 Å². The minimum Gasteiger partial charge on any atom is -0.480 e. The van der Waals surface area contributed by atoms with E-state index in [0.29, 0.717) is 11.9 Å². The Balaban J connectivity index is 2.80. The minimum absolute atomic E-state index is 0.330. The topological polar surface area (TPSA) is 75.1 Å². The van der Waals surface area contributed by atoms with Gasteiger partial charge in [0.05, 0.1) is 0 Å². The predicted molar refractivity (Wildman–Crippen MR) is 61.5 cm³/mol. The summed E-state index contributed by atoms with van der Waals surface area (Å²) in [7, 11) is 0. The highest BCUT2D eigenvalue weighted by Gasteiger charge is 2.27. The van der Waals surface area contributed by atoms with Gasteiger partial charge >= 0.3 is 5.97 Å². The van der Waals surface area contributed by atoms with Gasteiger partial charge in [-0.15, -0.1) is 0 Å². The van der Waals surface area contributed by atoms with Crippen molar-refractivity contribution in [2.24, 2.45) is 0 Å². The number of carboxylic acid groups (broad SMARTS) is 1. The van der Waals surface area contributed by atoms with Crippen LogP contribution in [0.2, 0.25) is 0 Å². The first-order chi connectivity index (χ1) is 7.33. The summed E-state index contributed by atoms with van der Waals surface area (Å²) in [5, 5.41) is 11.7. The molecule has 1 aromatic rings. The fourth-order valence-electron chi connectivity index (χ4n) is 1.03. The molecule has 16 heavy (non-hydrogen) atoms. The van der Waals surface area contributed by atoms with E-state index in [-0.39, 0.29) is 0 Å². The summed E-state index contributed by atoms with van der Waals surface area (Å²) in [6, 6.07) is 0. The number of aromatic nitrogens is 2. The molecule has 0 saturated carbocycles. The number of anilines is 1. The zero-order valence-electron chi connectivity index (χ0n) is 9.98. The van der Waals surface area contributed by atoms with E-state index >= 15 is 0 Å². The Morgan fingerprint density at radius 3 is 2.25 bits per heavy atom. The van der Waals surface area contributed by atoms with Gasteiger partial charge in [-0.25, -0.2) is 14.8 Å². The third-order valence-electron chi connectivity index (χ3n) is 2.30. The van der Waals surface area contributed by atoms with Gasteiger partial charge in [0, 0.05) is 12.4 Å². The summed E-state index contributed by atoms with van der Waals surface area (Å²) >= 11 is 0. The highest BCUT2D eigenvalue weighted by molar-refractivity contribution is 5.80. The second kappa shape index (κ2) is 4.47. The molecule has 0 saturated heterocycles. The van der Waals surface area contributed by atoms with Crippen LogP contribution in [0.1, 0.15) is 39.2 Å². The first kappa shape index (κ1) is 12.4. The number of rotatable bonds is 4. The first-order valence-electron chi connectivity index (χ1n) is 5.16. The van der Waals surface area contributed by atoms with Gasteiger partial charge in [0.1, 0.15) is 5.54 Å². The van der Waals surface area contributed by atoms with Crippen LogP contribution in [0.4, 0.5) is 5.95 Å². The van der Waals surface area contributed by atoms with Crippen molar-refractivity contribution in [3.05, 3.63) is 18.0 Å². The molecule has 1 aromatic heterocycles. The Kier molecular flexibility index (Phi) is 3.47. The lowest BCUT2D eigenvalue weighted by molar-refractivity contribution is -0.141. The third kappa shape index (κ3) is 2.92. The molecular formula is C11H17N3O2. The van der Waals surface area contributed by atoms with E-state index in [2.05, 4.69) is 15.3 Å². The van der Waals surface area contributed by atoms with Crippen LogP contribution in [0, 0.1) is 0 Å². The maximum atomic E-state index is 10.9. The standard InChI is InChI=1S/C11H17N3O2/c1-7(2)8-5-12-10(13-6-8)14-11(3,4)9(15)16/h5-7H,1-4H3,(H,15,16)(H,12,13,14). The molecule has 1 rings (SSSR count). The van der Waals surface area contributed by atoms with Crippen LogP contribution >= 0.6 is 0 Å². The number of aliphatic carboxylic acids is 1. The van der Waals surface area contributed by atoms with Gasteiger partial charge in [-0.3, -0.25) is 0 Å². The van der Waals surface area contributed by atoms with Gasteiger partial charge in [0.2, 0.25) is 5.95 Å². The number of nitrogens with zero attached hydrogens (tertiary/aromatic N) is 2. The number of carbonyl (C=O) groups is 1. The van der Waals surface area contributed by atoms with Crippen LogP contribution in [-0.4, -0.2) is 26.6 Å². The Morgan fingerprint density at radius 1 is 1.38 bits per heavy atom. The third-order valence-corrected chi connectivity index (χ3v) is 2.30. The zero-order valence-corrected chi connectivity index (χ0v) is 9.98. The quantitative estimate of drug-likeness (QED) is 0.815. The van der Waals surface area contributed by atoms with Crippen LogP contribution in [0.15, 0.2) is 12.4 Å². The normalized spacial score (nSPS) is 11.6. The number of carboxylic acids is 1. The number of hydrogen-bond acceptors (Lipinski definition) is 4. The van der Waals surface area contributed by atoms with E-state index in [0.717, 1.165) is 5.56 Å². The fourth-order valence-corrected chi connectivity index (χ4v) is 1.03. The minimum atomic E-state index is -1.07. The largest absolute Gasteiger partial charge is 0.480 e. The molecule has 0 aliphatic heterocycles. The van der Waals surface area contributed by atoms with Crippen molar-refractivity contribution in [2.45, 2.75) is 39.2 Å². The van der Waals surface area contributed by atoms with Crippen molar-refractivity contribution in [1.82, 2.24) is 9.97 Å². The molecule has 0 spiro atoms. The summed E-state index contributed by atoms with van der Waals surface area (Å²) in [5.41, 5.74) is -0.0435. The van der Waals surface area contributed by atoms with Crippen LogP contribution in [0.25, 0.3) is 0 Å². The lowest BCUT2D eigenvalue weighted by Crippen LogP contribution is -2.40. The molecule has 0 bridgehead atoms. The average Bonchev–Trinajstić information content (AvgIpc) is 2.17. The fraction of sp³-hybridized carbons (Fsp3) is 0.545. The van der Waals surface area contributed by atoms with Gasteiger partial charge in [-0.2, -0.15) is 0 Å². The molecule has 0 aromatic carbocycles. The van der Waals surface area contributed by atoms with E-state index in [4.69, 9.17) is 5.11 Å². The Labute approximate surface area is 94.9 Å². The second-order valence-electron chi connectivity index (χ2n) is 4.55. The molecule has 5 nitrogen and oxygen atoms in total. The molecule has 0 radical (unpaired) electrons. The van der Waals surface area contributed by atoms with E-state index in [1.807, 2.05) is 13.8 Å². The monoisotopic (exact) mass is 223 g/mol. The summed E-state index contributed by atoms with van der Waals surface area (Å²) in [5.74, 6) is -0.248. The molecular weight excluding hydrogens is 206 g/mol. The van der Waals surface area contributed by atoms with E-state index < -0.39 is 11.5 Å². The van der Waals surface area contributed by atoms with Crippen LogP contribution in [0.3, 0.4) is 0 Å². The lowest BCUT2D eigenvalue weighted by atomic mass is 10.1. The first-order valence-corrected chi connectivity index (χ1v) is 5.16. The highest BCUT2D eigenvalue weighted by atomic mass is 16.4. The van der Waals surface area contributed by atoms with Crippen LogP contribution in [-0.2, 0) is 4.79 Å².